The molecule has 8 rings (SSSR count). The number of hydrogen-bond acceptors (Lipinski definition) is 10. The van der Waals surface area contributed by atoms with Gasteiger partial charge in [-0.25, -0.2) is 28.5 Å². The van der Waals surface area contributed by atoms with E-state index in [0.29, 0.717) is 82.0 Å². The monoisotopic (exact) mass is 610 g/mol. The van der Waals surface area contributed by atoms with Gasteiger partial charge in [-0.15, -0.1) is 0 Å². The number of benzene rings is 1. The van der Waals surface area contributed by atoms with Crippen LogP contribution in [0.2, 0.25) is 0 Å². The normalized spacial score (nSPS) is 24.0. The molecule has 15 heteroatoms. The van der Waals surface area contributed by atoms with Crippen LogP contribution in [-0.2, 0) is 27.1 Å². The van der Waals surface area contributed by atoms with Gasteiger partial charge in [0, 0.05) is 45.6 Å². The van der Waals surface area contributed by atoms with Gasteiger partial charge in [0.05, 0.1) is 19.3 Å². The predicted molar refractivity (Wildman–Crippen MR) is 151 cm³/mol. The van der Waals surface area contributed by atoms with E-state index >= 15 is 8.78 Å². The van der Waals surface area contributed by atoms with Gasteiger partial charge in [-0.05, 0) is 36.9 Å². The van der Waals surface area contributed by atoms with Crippen molar-refractivity contribution in [1.29, 1.82) is 0 Å². The SMILES string of the molecule is CN1CCOC(c2nc3c(F)c4c(c(F)c3[nH]2)CC(CN2CCC3(CC2)CN(c2cnc5c(n2)NC(=O)CO5)C(=O)O3)C4)C1. The van der Waals surface area contributed by atoms with Gasteiger partial charge >= 0.3 is 6.09 Å². The quantitative estimate of drug-likeness (QED) is 0.452. The zero-order valence-corrected chi connectivity index (χ0v) is 24.2. The summed E-state index contributed by atoms with van der Waals surface area (Å²) in [7, 11) is 1.98. The maximum atomic E-state index is 15.7. The minimum atomic E-state index is -0.666. The van der Waals surface area contributed by atoms with Gasteiger partial charge in [-0.2, -0.15) is 0 Å². The Labute approximate surface area is 250 Å². The Kier molecular flexibility index (Phi) is 6.46. The van der Waals surface area contributed by atoms with Gasteiger partial charge in [0.1, 0.15) is 28.6 Å². The van der Waals surface area contributed by atoms with Gasteiger partial charge in [0.2, 0.25) is 0 Å². The van der Waals surface area contributed by atoms with Crippen LogP contribution < -0.4 is 15.0 Å². The summed E-state index contributed by atoms with van der Waals surface area (Å²) in [5, 5.41) is 2.61. The molecule has 2 atom stereocenters. The molecule has 0 saturated carbocycles. The third-order valence-electron chi connectivity index (χ3n) is 9.46. The molecule has 2 amide bonds. The molecule has 2 unspecified atom stereocenters. The highest BCUT2D eigenvalue weighted by atomic mass is 19.1. The number of likely N-dealkylation sites (N-methyl/N-ethyl adjacent to an activating group) is 1. The number of rotatable bonds is 4. The van der Waals surface area contributed by atoms with E-state index in [-0.39, 0.29) is 53.1 Å². The van der Waals surface area contributed by atoms with Crippen molar-refractivity contribution in [1.82, 2.24) is 29.7 Å². The van der Waals surface area contributed by atoms with Crippen molar-refractivity contribution >= 4 is 34.7 Å². The van der Waals surface area contributed by atoms with E-state index in [1.165, 1.54) is 11.1 Å². The standard InChI is InChI=1S/C29H32F2N8O5/c1-37-6-7-42-18(12-37)25-35-23-21(30)16-8-15(9-17(16)22(31)24(23)36-25)11-38-4-2-29(3-5-38)14-39(28(41)44-29)19-10-32-27-26(33-19)34-20(40)13-43-27/h10,15,18H,2-9,11-14H2,1H3,(H,35,36)(H,33,34,40). The smallest absolute Gasteiger partial charge is 0.416 e. The van der Waals surface area contributed by atoms with E-state index in [2.05, 4.69) is 35.1 Å². The van der Waals surface area contributed by atoms with Crippen LogP contribution in [0.3, 0.4) is 0 Å². The first kappa shape index (κ1) is 27.6. The molecule has 1 aromatic carbocycles. The van der Waals surface area contributed by atoms with Crippen molar-refractivity contribution in [3.05, 3.63) is 34.8 Å². The zero-order valence-electron chi connectivity index (χ0n) is 24.2. The van der Waals surface area contributed by atoms with Crippen LogP contribution in [0.15, 0.2) is 6.20 Å². The summed E-state index contributed by atoms with van der Waals surface area (Å²) < 4.78 is 48.3. The van der Waals surface area contributed by atoms with Crippen LogP contribution in [0.5, 0.6) is 5.88 Å². The van der Waals surface area contributed by atoms with Gasteiger partial charge in [-0.3, -0.25) is 9.69 Å². The second-order valence-electron chi connectivity index (χ2n) is 12.5. The molecule has 0 bridgehead atoms. The fourth-order valence-corrected chi connectivity index (χ4v) is 7.12. The summed E-state index contributed by atoms with van der Waals surface area (Å²) in [6.07, 6.45) is 2.70. The number of H-pyrrole nitrogens is 1. The van der Waals surface area contributed by atoms with E-state index in [4.69, 9.17) is 14.2 Å². The van der Waals surface area contributed by atoms with Crippen molar-refractivity contribution in [3.8, 4) is 5.88 Å². The first-order valence-electron chi connectivity index (χ1n) is 15.0. The number of hydrogen-bond donors (Lipinski definition) is 2. The predicted octanol–water partition coefficient (Wildman–Crippen LogP) is 2.17. The minimum Gasteiger partial charge on any atom is -0.465 e. The molecular formula is C29H32F2N8O5. The zero-order chi connectivity index (χ0) is 30.2. The van der Waals surface area contributed by atoms with E-state index in [9.17, 15) is 9.59 Å². The third kappa shape index (κ3) is 4.64. The van der Waals surface area contributed by atoms with Crippen molar-refractivity contribution in [2.75, 3.05) is 69.7 Å². The Hall–Kier alpha value is -3.95. The highest BCUT2D eigenvalue weighted by molar-refractivity contribution is 5.95. The maximum absolute atomic E-state index is 15.7. The van der Waals surface area contributed by atoms with Crippen LogP contribution in [0, 0.1) is 17.6 Å². The molecule has 2 aromatic heterocycles. The summed E-state index contributed by atoms with van der Waals surface area (Å²) in [5.74, 6) is -0.0266. The Bertz CT molecular complexity index is 1630. The summed E-state index contributed by atoms with van der Waals surface area (Å²) in [6.45, 7) is 4.19. The number of ether oxygens (including phenoxy) is 3. The Balaban J connectivity index is 0.914. The summed E-state index contributed by atoms with van der Waals surface area (Å²) in [4.78, 5) is 46.3. The molecule has 3 fully saturated rings. The summed E-state index contributed by atoms with van der Waals surface area (Å²) in [6, 6.07) is 0. The van der Waals surface area contributed by atoms with Crippen molar-refractivity contribution < 1.29 is 32.6 Å². The maximum Gasteiger partial charge on any atom is 0.416 e. The molecule has 13 nitrogen and oxygen atoms in total. The molecule has 6 heterocycles. The van der Waals surface area contributed by atoms with Crippen molar-refractivity contribution in [3.63, 3.8) is 0 Å². The number of aromatic nitrogens is 4. The van der Waals surface area contributed by atoms with E-state index < -0.39 is 23.3 Å². The van der Waals surface area contributed by atoms with Crippen LogP contribution in [-0.4, -0.2) is 107 Å². The number of morpholine rings is 1. The summed E-state index contributed by atoms with van der Waals surface area (Å²) >= 11 is 0. The molecular weight excluding hydrogens is 578 g/mol. The number of amides is 2. The Morgan fingerprint density at radius 2 is 1.89 bits per heavy atom. The Morgan fingerprint density at radius 3 is 2.68 bits per heavy atom. The van der Waals surface area contributed by atoms with Gasteiger partial charge in [0.15, 0.2) is 29.9 Å². The number of halogens is 2. The van der Waals surface area contributed by atoms with Crippen LogP contribution in [0.25, 0.3) is 11.0 Å². The highest BCUT2D eigenvalue weighted by Crippen LogP contribution is 2.39. The number of fused-ring (bicyclic) bond motifs is 3. The lowest BCUT2D eigenvalue weighted by Crippen LogP contribution is -2.48. The van der Waals surface area contributed by atoms with Crippen molar-refractivity contribution in [2.45, 2.75) is 37.4 Å². The summed E-state index contributed by atoms with van der Waals surface area (Å²) in [5.41, 5.74) is 0.334. The number of imidazole rings is 1. The highest BCUT2D eigenvalue weighted by Gasteiger charge is 2.48. The largest absolute Gasteiger partial charge is 0.465 e. The molecule has 5 aliphatic rings. The third-order valence-corrected chi connectivity index (χ3v) is 9.46. The lowest BCUT2D eigenvalue weighted by molar-refractivity contribution is -0.118. The first-order chi connectivity index (χ1) is 21.2. The number of carbonyl (C=O) groups excluding carboxylic acids is 2. The fourth-order valence-electron chi connectivity index (χ4n) is 7.12. The molecule has 1 spiro atoms. The van der Waals surface area contributed by atoms with Crippen molar-refractivity contribution in [2.24, 2.45) is 5.92 Å². The number of nitrogens with zero attached hydrogens (tertiary/aromatic N) is 6. The number of likely N-dealkylation sites (tertiary alicyclic amines) is 1. The van der Waals surface area contributed by atoms with E-state index in [0.717, 1.165) is 6.54 Å². The second kappa shape index (κ2) is 10.3. The van der Waals surface area contributed by atoms with Gasteiger partial charge < -0.3 is 34.3 Å². The average molecular weight is 611 g/mol. The average Bonchev–Trinajstić information content (AvgIpc) is 3.73. The van der Waals surface area contributed by atoms with Gasteiger partial charge in [-0.1, -0.05) is 0 Å². The molecule has 44 heavy (non-hydrogen) atoms. The molecule has 1 aliphatic carbocycles. The van der Waals surface area contributed by atoms with E-state index in [1.807, 2.05) is 7.05 Å². The van der Waals surface area contributed by atoms with Crippen LogP contribution >= 0.6 is 0 Å². The molecule has 2 N–H and O–H groups in total. The molecule has 232 valence electrons. The molecule has 3 aromatic rings. The van der Waals surface area contributed by atoms with E-state index in [1.54, 1.807) is 0 Å². The Morgan fingerprint density at radius 1 is 1.09 bits per heavy atom. The number of anilines is 2. The number of nitrogens with one attached hydrogen (secondary N) is 2. The molecule has 3 saturated heterocycles. The number of aromatic amines is 1. The fraction of sp³-hybridized carbons (Fsp3) is 0.552. The molecule has 4 aliphatic heterocycles. The van der Waals surface area contributed by atoms with Crippen LogP contribution in [0.4, 0.5) is 25.2 Å². The number of carbonyl (C=O) groups is 2. The second-order valence-corrected chi connectivity index (χ2v) is 12.5. The lowest BCUT2D eigenvalue weighted by atomic mass is 9.90. The van der Waals surface area contributed by atoms with Gasteiger partial charge in [0.25, 0.3) is 11.8 Å². The first-order valence-corrected chi connectivity index (χ1v) is 15.0. The topological polar surface area (TPSA) is 138 Å². The minimum absolute atomic E-state index is 0.0415. The van der Waals surface area contributed by atoms with Crippen LogP contribution in [0.1, 0.15) is 35.9 Å². The number of piperidine rings is 1. The molecule has 0 radical (unpaired) electrons. The lowest BCUT2D eigenvalue weighted by Gasteiger charge is -2.38.